The molecule has 0 bridgehead atoms. The number of hydrogen-bond donors (Lipinski definition) is 2. The molecular weight excluding hydrogens is 195 g/mol. The molecule has 0 aromatic carbocycles. The summed E-state index contributed by atoms with van der Waals surface area (Å²) in [6.45, 7) is 1.82. The van der Waals surface area contributed by atoms with Gasteiger partial charge in [0.15, 0.2) is 0 Å². The van der Waals surface area contributed by atoms with Crippen molar-refractivity contribution >= 4 is 13.8 Å². The van der Waals surface area contributed by atoms with Gasteiger partial charge in [-0.25, -0.2) is 0 Å². The van der Waals surface area contributed by atoms with E-state index in [0.29, 0.717) is 5.21 Å². The van der Waals surface area contributed by atoms with E-state index in [0.717, 1.165) is 12.8 Å². The van der Waals surface area contributed by atoms with Crippen LogP contribution >= 0.6 is 0 Å². The Morgan fingerprint density at radius 3 is 2.40 bits per heavy atom. The van der Waals surface area contributed by atoms with Gasteiger partial charge in [0.1, 0.15) is 0 Å². The first kappa shape index (κ1) is 10.3. The van der Waals surface area contributed by atoms with E-state index in [1.165, 1.54) is 0 Å². The zero-order chi connectivity index (χ0) is 8.04. The maximum absolute atomic E-state index is 11.0. The minimum atomic E-state index is -3.54. The zero-order valence-electron chi connectivity index (χ0n) is 6.29. The van der Waals surface area contributed by atoms with E-state index < -0.39 is 13.8 Å². The van der Waals surface area contributed by atoms with Crippen LogP contribution in [0.1, 0.15) is 19.8 Å². The number of rotatable bonds is 5. The second-order valence-corrected chi connectivity index (χ2v) is 7.80. The molecule has 1 unspecified atom stereocenters. The summed E-state index contributed by atoms with van der Waals surface area (Å²) < 4.78 is 20.1. The first-order chi connectivity index (χ1) is 4.62. The quantitative estimate of drug-likeness (QED) is 0.655. The second-order valence-electron chi connectivity index (χ2n) is 2.37. The van der Waals surface area contributed by atoms with Crippen LogP contribution in [0.15, 0.2) is 0 Å². The Kier molecular flexibility index (Phi) is 5.14. The molecule has 0 saturated heterocycles. The number of unbranched alkanes of at least 4 members (excludes halogenated alkanes) is 1. The molecule has 3 nitrogen and oxygen atoms in total. The Hall–Kier alpha value is 0.278. The first-order valence-corrected chi connectivity index (χ1v) is 7.80. The molecule has 0 radical (unpaired) electrons. The standard InChI is InChI=1S/C6H15AsO3/c1-2-3-4-7(9,10)5-6-8/h8H,2-6H2,1H3,(H,9,10). The topological polar surface area (TPSA) is 57.5 Å². The van der Waals surface area contributed by atoms with E-state index >= 15 is 0 Å². The van der Waals surface area contributed by atoms with Gasteiger partial charge in [-0.15, -0.1) is 0 Å². The molecule has 4 heteroatoms. The molecule has 0 aliphatic rings. The molecule has 0 aromatic heterocycles. The van der Waals surface area contributed by atoms with Gasteiger partial charge in [-0.05, 0) is 0 Å². The van der Waals surface area contributed by atoms with Gasteiger partial charge in [0, 0.05) is 0 Å². The van der Waals surface area contributed by atoms with Crippen molar-refractivity contribution in [1.29, 1.82) is 0 Å². The minimum absolute atomic E-state index is 0.109. The fraction of sp³-hybridized carbons (Fsp3) is 1.00. The van der Waals surface area contributed by atoms with Crippen LogP contribution in [-0.4, -0.2) is 29.6 Å². The third kappa shape index (κ3) is 5.09. The van der Waals surface area contributed by atoms with Crippen LogP contribution in [0.3, 0.4) is 0 Å². The van der Waals surface area contributed by atoms with E-state index in [1.807, 2.05) is 6.92 Å². The summed E-state index contributed by atoms with van der Waals surface area (Å²) in [6, 6.07) is 0. The van der Waals surface area contributed by atoms with Gasteiger partial charge in [0.05, 0.1) is 0 Å². The molecule has 0 spiro atoms. The van der Waals surface area contributed by atoms with Crippen LogP contribution in [-0.2, 0) is 3.74 Å². The monoisotopic (exact) mass is 210 g/mol. The van der Waals surface area contributed by atoms with E-state index in [4.69, 9.17) is 9.20 Å². The van der Waals surface area contributed by atoms with Crippen LogP contribution in [0.25, 0.3) is 0 Å². The van der Waals surface area contributed by atoms with Gasteiger partial charge in [0.2, 0.25) is 0 Å². The number of aliphatic hydroxyl groups is 1. The fourth-order valence-electron chi connectivity index (χ4n) is 0.673. The van der Waals surface area contributed by atoms with Crippen molar-refractivity contribution in [2.45, 2.75) is 30.2 Å². The van der Waals surface area contributed by atoms with E-state index in [2.05, 4.69) is 0 Å². The Morgan fingerprint density at radius 1 is 1.40 bits per heavy atom. The molecule has 62 valence electrons. The molecule has 2 N–H and O–H groups in total. The van der Waals surface area contributed by atoms with Gasteiger partial charge in [-0.1, -0.05) is 0 Å². The molecule has 0 heterocycles. The molecule has 0 amide bonds. The molecule has 0 fully saturated rings. The molecule has 0 aromatic rings. The molecule has 0 saturated carbocycles. The van der Waals surface area contributed by atoms with Gasteiger partial charge in [-0.3, -0.25) is 0 Å². The van der Waals surface area contributed by atoms with E-state index in [1.54, 1.807) is 0 Å². The molecule has 0 rings (SSSR count). The van der Waals surface area contributed by atoms with Gasteiger partial charge < -0.3 is 0 Å². The zero-order valence-corrected chi connectivity index (χ0v) is 8.16. The summed E-state index contributed by atoms with van der Waals surface area (Å²) in [4.78, 5) is 0. The summed E-state index contributed by atoms with van der Waals surface area (Å²) in [6.07, 6.45) is 1.74. The maximum atomic E-state index is 11.0. The van der Waals surface area contributed by atoms with E-state index in [-0.39, 0.29) is 11.8 Å². The first-order valence-electron chi connectivity index (χ1n) is 3.54. The Labute approximate surface area is 64.1 Å². The fourth-order valence-corrected chi connectivity index (χ4v) is 3.50. The third-order valence-corrected chi connectivity index (χ3v) is 5.33. The summed E-state index contributed by atoms with van der Waals surface area (Å²) in [5.41, 5.74) is 0. The second kappa shape index (κ2) is 5.00. The van der Waals surface area contributed by atoms with Crippen LogP contribution in [0.2, 0.25) is 10.4 Å². The predicted molar refractivity (Wildman–Crippen MR) is 40.3 cm³/mol. The van der Waals surface area contributed by atoms with Gasteiger partial charge in [0.25, 0.3) is 0 Å². The van der Waals surface area contributed by atoms with Crippen molar-refractivity contribution in [3.8, 4) is 0 Å². The number of aliphatic hydroxyl groups excluding tert-OH is 1. The average molecular weight is 210 g/mol. The molecule has 0 aliphatic carbocycles. The Morgan fingerprint density at radius 2 is 2.00 bits per heavy atom. The van der Waals surface area contributed by atoms with Gasteiger partial charge in [-0.2, -0.15) is 0 Å². The predicted octanol–water partition coefficient (Wildman–Crippen LogP) is 0.644. The average Bonchev–Trinajstić information content (AvgIpc) is 1.84. The number of hydrogen-bond acceptors (Lipinski definition) is 2. The summed E-state index contributed by atoms with van der Waals surface area (Å²) in [5, 5.41) is 8.91. The Bertz CT molecular complexity index is 124. The van der Waals surface area contributed by atoms with Crippen LogP contribution in [0.4, 0.5) is 0 Å². The van der Waals surface area contributed by atoms with E-state index in [9.17, 15) is 3.74 Å². The van der Waals surface area contributed by atoms with Crippen LogP contribution in [0.5, 0.6) is 0 Å². The van der Waals surface area contributed by atoms with Crippen LogP contribution < -0.4 is 0 Å². The van der Waals surface area contributed by atoms with Crippen molar-refractivity contribution in [3.05, 3.63) is 0 Å². The van der Waals surface area contributed by atoms with Gasteiger partial charge >= 0.3 is 63.6 Å². The molecular formula is C6H15AsO3. The summed E-state index contributed by atoms with van der Waals surface area (Å²) in [5.74, 6) is 0. The van der Waals surface area contributed by atoms with Crippen molar-refractivity contribution in [2.24, 2.45) is 0 Å². The molecule has 10 heavy (non-hydrogen) atoms. The molecule has 0 aliphatic heterocycles. The Balaban J connectivity index is 3.53. The third-order valence-electron chi connectivity index (χ3n) is 1.31. The van der Waals surface area contributed by atoms with Crippen molar-refractivity contribution in [1.82, 2.24) is 0 Å². The molecule has 1 atom stereocenters. The van der Waals surface area contributed by atoms with Crippen molar-refractivity contribution in [3.63, 3.8) is 0 Å². The summed E-state index contributed by atoms with van der Waals surface area (Å²) >= 11 is -3.54. The SMILES string of the molecule is CCCC[As](=O)(O)CCO. The van der Waals surface area contributed by atoms with Crippen molar-refractivity contribution < 1.29 is 12.9 Å². The summed E-state index contributed by atoms with van der Waals surface area (Å²) in [7, 11) is 0. The van der Waals surface area contributed by atoms with Crippen LogP contribution in [0, 0.1) is 0 Å². The van der Waals surface area contributed by atoms with Crippen molar-refractivity contribution in [2.75, 3.05) is 6.61 Å². The normalized spacial score (nSPS) is 16.7.